The fraction of sp³-hybridized carbons (Fsp3) is 0.0714. The molecule has 1 heterocycles. The number of benzene rings is 2. The van der Waals surface area contributed by atoms with Crippen molar-refractivity contribution >= 4 is 28.9 Å². The maximum atomic E-state index is 12.1. The van der Waals surface area contributed by atoms with Crippen molar-refractivity contribution in [3.63, 3.8) is 0 Å². The van der Waals surface area contributed by atoms with Crippen LogP contribution in [0.2, 0.25) is 5.02 Å². The van der Waals surface area contributed by atoms with Gasteiger partial charge in [-0.25, -0.2) is 0 Å². The van der Waals surface area contributed by atoms with E-state index in [-0.39, 0.29) is 11.9 Å². The van der Waals surface area contributed by atoms with Gasteiger partial charge >= 0.3 is 0 Å². The van der Waals surface area contributed by atoms with E-state index < -0.39 is 0 Å². The molecule has 1 aliphatic heterocycles. The van der Waals surface area contributed by atoms with Gasteiger partial charge in [0.1, 0.15) is 6.04 Å². The third-order valence-electron chi connectivity index (χ3n) is 2.96. The normalized spacial score (nSPS) is 17.6. The Morgan fingerprint density at radius 2 is 1.78 bits per heavy atom. The number of nitrogens with one attached hydrogen (secondary N) is 2. The van der Waals surface area contributed by atoms with Crippen LogP contribution < -0.4 is 10.6 Å². The summed E-state index contributed by atoms with van der Waals surface area (Å²) in [6, 6.07) is 14.7. The lowest BCUT2D eigenvalue weighted by Gasteiger charge is -2.27. The molecule has 18 heavy (non-hydrogen) atoms. The van der Waals surface area contributed by atoms with Crippen molar-refractivity contribution in [1.82, 2.24) is 0 Å². The molecule has 3 rings (SSSR count). The molecule has 0 aromatic heterocycles. The van der Waals surface area contributed by atoms with E-state index in [0.717, 1.165) is 11.3 Å². The fourth-order valence-electron chi connectivity index (χ4n) is 2.07. The van der Waals surface area contributed by atoms with E-state index in [9.17, 15) is 4.79 Å². The Morgan fingerprint density at radius 1 is 1.00 bits per heavy atom. The summed E-state index contributed by atoms with van der Waals surface area (Å²) < 4.78 is 0. The van der Waals surface area contributed by atoms with Gasteiger partial charge in [-0.2, -0.15) is 0 Å². The first-order valence-electron chi connectivity index (χ1n) is 5.66. The van der Waals surface area contributed by atoms with Crippen LogP contribution in [0.15, 0.2) is 48.5 Å². The Balaban J connectivity index is 2.00. The zero-order valence-corrected chi connectivity index (χ0v) is 10.2. The smallest absolute Gasteiger partial charge is 0.251 e. The van der Waals surface area contributed by atoms with Gasteiger partial charge in [-0.3, -0.25) is 4.79 Å². The standard InChI is InChI=1S/C14H11ClN2O/c15-10-7-4-8-11-13(10)17-14(18)12(16-11)9-5-2-1-3-6-9/h1-8,12,16H,(H,17,18). The first-order chi connectivity index (χ1) is 8.75. The van der Waals surface area contributed by atoms with Gasteiger partial charge in [-0.05, 0) is 17.7 Å². The second-order valence-corrected chi connectivity index (χ2v) is 4.55. The third kappa shape index (κ3) is 1.83. The maximum Gasteiger partial charge on any atom is 0.251 e. The number of hydrogen-bond donors (Lipinski definition) is 2. The van der Waals surface area contributed by atoms with Gasteiger partial charge in [0.25, 0.3) is 5.91 Å². The van der Waals surface area contributed by atoms with E-state index in [2.05, 4.69) is 10.6 Å². The molecule has 0 saturated carbocycles. The lowest BCUT2D eigenvalue weighted by atomic mass is 10.0. The molecule has 1 aliphatic rings. The van der Waals surface area contributed by atoms with Crippen LogP contribution in [0.3, 0.4) is 0 Å². The molecule has 0 fully saturated rings. The molecule has 0 spiro atoms. The molecule has 3 nitrogen and oxygen atoms in total. The molecule has 0 saturated heterocycles. The van der Waals surface area contributed by atoms with E-state index in [1.807, 2.05) is 42.5 Å². The van der Waals surface area contributed by atoms with Gasteiger partial charge in [-0.1, -0.05) is 48.0 Å². The Kier molecular flexibility index (Phi) is 2.68. The first-order valence-corrected chi connectivity index (χ1v) is 6.04. The van der Waals surface area contributed by atoms with E-state index in [4.69, 9.17) is 11.6 Å². The van der Waals surface area contributed by atoms with Crippen molar-refractivity contribution in [2.24, 2.45) is 0 Å². The average molecular weight is 259 g/mol. The second-order valence-electron chi connectivity index (χ2n) is 4.14. The quantitative estimate of drug-likeness (QED) is 0.823. The van der Waals surface area contributed by atoms with Crippen LogP contribution in [0.25, 0.3) is 0 Å². The van der Waals surface area contributed by atoms with Crippen LogP contribution in [0.4, 0.5) is 11.4 Å². The van der Waals surface area contributed by atoms with Crippen molar-refractivity contribution in [1.29, 1.82) is 0 Å². The molecule has 4 heteroatoms. The van der Waals surface area contributed by atoms with Gasteiger partial charge in [-0.15, -0.1) is 0 Å². The van der Waals surface area contributed by atoms with Gasteiger partial charge in [0.2, 0.25) is 0 Å². The molecule has 0 bridgehead atoms. The lowest BCUT2D eigenvalue weighted by Crippen LogP contribution is -2.32. The minimum absolute atomic E-state index is 0.0956. The highest BCUT2D eigenvalue weighted by atomic mass is 35.5. The first kappa shape index (κ1) is 11.1. The molecule has 0 aliphatic carbocycles. The minimum Gasteiger partial charge on any atom is -0.368 e. The van der Waals surface area contributed by atoms with E-state index >= 15 is 0 Å². The summed E-state index contributed by atoms with van der Waals surface area (Å²) in [4.78, 5) is 12.1. The number of rotatable bonds is 1. The number of hydrogen-bond acceptors (Lipinski definition) is 2. The molecular weight excluding hydrogens is 248 g/mol. The summed E-state index contributed by atoms with van der Waals surface area (Å²) in [7, 11) is 0. The molecule has 1 amide bonds. The van der Waals surface area contributed by atoms with Gasteiger partial charge in [0.15, 0.2) is 0 Å². The molecule has 2 aromatic carbocycles. The van der Waals surface area contributed by atoms with Gasteiger partial charge in [0.05, 0.1) is 16.4 Å². The van der Waals surface area contributed by atoms with E-state index in [1.54, 1.807) is 6.07 Å². The summed E-state index contributed by atoms with van der Waals surface area (Å²) in [5.41, 5.74) is 2.42. The Hall–Kier alpha value is -2.00. The fourth-order valence-corrected chi connectivity index (χ4v) is 2.29. The second kappa shape index (κ2) is 4.35. The number of amides is 1. The zero-order chi connectivity index (χ0) is 12.5. The molecule has 1 unspecified atom stereocenters. The molecule has 2 aromatic rings. The largest absolute Gasteiger partial charge is 0.368 e. The summed E-state index contributed by atoms with van der Waals surface area (Å²) in [6.45, 7) is 0. The molecule has 90 valence electrons. The Morgan fingerprint density at radius 3 is 2.56 bits per heavy atom. The summed E-state index contributed by atoms with van der Waals surface area (Å²) >= 11 is 6.05. The topological polar surface area (TPSA) is 41.1 Å². The van der Waals surface area contributed by atoms with Crippen LogP contribution in [0, 0.1) is 0 Å². The Labute approximate surface area is 110 Å². The summed E-state index contributed by atoms with van der Waals surface area (Å²) in [5, 5.41) is 6.59. The third-order valence-corrected chi connectivity index (χ3v) is 3.27. The van der Waals surface area contributed by atoms with Crippen LogP contribution in [0.1, 0.15) is 11.6 Å². The van der Waals surface area contributed by atoms with Gasteiger partial charge in [0, 0.05) is 0 Å². The van der Waals surface area contributed by atoms with Crippen molar-refractivity contribution < 1.29 is 4.79 Å². The number of para-hydroxylation sites is 1. The number of halogens is 1. The highest BCUT2D eigenvalue weighted by Crippen LogP contribution is 2.36. The number of fused-ring (bicyclic) bond motifs is 1. The Bertz CT molecular complexity index is 598. The monoisotopic (exact) mass is 258 g/mol. The molecule has 2 N–H and O–H groups in total. The van der Waals surface area contributed by atoms with Crippen LogP contribution in [-0.4, -0.2) is 5.91 Å². The van der Waals surface area contributed by atoms with Crippen molar-refractivity contribution in [3.8, 4) is 0 Å². The SMILES string of the molecule is O=C1Nc2c(Cl)cccc2NC1c1ccccc1. The molecule has 1 atom stereocenters. The lowest BCUT2D eigenvalue weighted by molar-refractivity contribution is -0.117. The van der Waals surface area contributed by atoms with Crippen LogP contribution >= 0.6 is 11.6 Å². The van der Waals surface area contributed by atoms with Crippen molar-refractivity contribution in [2.45, 2.75) is 6.04 Å². The predicted molar refractivity (Wildman–Crippen MR) is 72.9 cm³/mol. The van der Waals surface area contributed by atoms with Crippen LogP contribution in [0.5, 0.6) is 0 Å². The number of carbonyl (C=O) groups excluding carboxylic acids is 1. The number of anilines is 2. The minimum atomic E-state index is -0.378. The summed E-state index contributed by atoms with van der Waals surface area (Å²) in [6.07, 6.45) is 0. The van der Waals surface area contributed by atoms with E-state index in [1.165, 1.54) is 0 Å². The molecule has 0 radical (unpaired) electrons. The molecular formula is C14H11ClN2O. The highest BCUT2D eigenvalue weighted by Gasteiger charge is 2.27. The highest BCUT2D eigenvalue weighted by molar-refractivity contribution is 6.35. The maximum absolute atomic E-state index is 12.1. The van der Waals surface area contributed by atoms with Gasteiger partial charge < -0.3 is 10.6 Å². The summed E-state index contributed by atoms with van der Waals surface area (Å²) in [5.74, 6) is -0.0956. The average Bonchev–Trinajstić information content (AvgIpc) is 2.40. The van der Waals surface area contributed by atoms with Crippen molar-refractivity contribution in [2.75, 3.05) is 10.6 Å². The van der Waals surface area contributed by atoms with Crippen LogP contribution in [-0.2, 0) is 4.79 Å². The zero-order valence-electron chi connectivity index (χ0n) is 9.48. The number of carbonyl (C=O) groups is 1. The van der Waals surface area contributed by atoms with Crippen molar-refractivity contribution in [3.05, 3.63) is 59.1 Å². The van der Waals surface area contributed by atoms with E-state index in [0.29, 0.717) is 10.7 Å². The predicted octanol–water partition coefficient (Wildman–Crippen LogP) is 3.45.